The zero-order valence-electron chi connectivity index (χ0n) is 26.2. The molecule has 3 amide bonds. The standard InChI is InChI=1S/C34H51N3O4/c1-8-10-11-15-22-37(32(39)29(23-25(3)4)36-33(40)41-34(5,6)7)30(28-20-18-26(9-2)19-21-28)31(38)35-24-27-16-13-12-14-17-27/h12-14,16-21,25,29-30H,8-11,15,22-24H2,1-7H3,(H,35,38)(H,36,40). The Morgan fingerprint density at radius 1 is 0.878 bits per heavy atom. The molecule has 0 aliphatic heterocycles. The molecule has 41 heavy (non-hydrogen) atoms. The molecule has 2 N–H and O–H groups in total. The van der Waals surface area contributed by atoms with Crippen LogP contribution in [0, 0.1) is 5.92 Å². The minimum Gasteiger partial charge on any atom is -0.444 e. The van der Waals surface area contributed by atoms with Crippen LogP contribution in [0.4, 0.5) is 4.79 Å². The monoisotopic (exact) mass is 565 g/mol. The molecule has 2 atom stereocenters. The smallest absolute Gasteiger partial charge is 0.408 e. The van der Waals surface area contributed by atoms with Crippen LogP contribution < -0.4 is 10.6 Å². The van der Waals surface area contributed by atoms with Crippen LogP contribution in [0.15, 0.2) is 54.6 Å². The van der Waals surface area contributed by atoms with Gasteiger partial charge >= 0.3 is 6.09 Å². The molecule has 2 rings (SSSR count). The van der Waals surface area contributed by atoms with Crippen LogP contribution in [0.2, 0.25) is 0 Å². The molecule has 0 saturated heterocycles. The van der Waals surface area contributed by atoms with E-state index in [0.717, 1.165) is 48.8 Å². The van der Waals surface area contributed by atoms with Crippen LogP contribution in [0.5, 0.6) is 0 Å². The summed E-state index contributed by atoms with van der Waals surface area (Å²) in [6.45, 7) is 14.4. The van der Waals surface area contributed by atoms with Gasteiger partial charge in [0.05, 0.1) is 0 Å². The fourth-order valence-corrected chi connectivity index (χ4v) is 4.71. The van der Waals surface area contributed by atoms with E-state index in [2.05, 4.69) is 24.5 Å². The molecule has 2 aromatic carbocycles. The van der Waals surface area contributed by atoms with Gasteiger partial charge in [-0.25, -0.2) is 4.79 Å². The fraction of sp³-hybridized carbons (Fsp3) is 0.559. The molecule has 2 aromatic rings. The summed E-state index contributed by atoms with van der Waals surface area (Å²) in [5, 5.41) is 5.89. The largest absolute Gasteiger partial charge is 0.444 e. The number of carbonyl (C=O) groups is 3. The molecule has 226 valence electrons. The second kappa shape index (κ2) is 16.8. The van der Waals surface area contributed by atoms with Crippen molar-refractivity contribution in [3.8, 4) is 0 Å². The molecule has 2 unspecified atom stereocenters. The maximum Gasteiger partial charge on any atom is 0.408 e. The minimum atomic E-state index is -0.839. The molecule has 0 spiro atoms. The third-order valence-electron chi connectivity index (χ3n) is 6.81. The normalized spacial score (nSPS) is 12.9. The number of aryl methyl sites for hydroxylation is 1. The van der Waals surface area contributed by atoms with Gasteiger partial charge in [-0.2, -0.15) is 0 Å². The summed E-state index contributed by atoms with van der Waals surface area (Å²) in [4.78, 5) is 42.7. The van der Waals surface area contributed by atoms with E-state index >= 15 is 0 Å². The van der Waals surface area contributed by atoms with Crippen molar-refractivity contribution in [3.05, 3.63) is 71.3 Å². The average Bonchev–Trinajstić information content (AvgIpc) is 2.92. The molecular weight excluding hydrogens is 514 g/mol. The van der Waals surface area contributed by atoms with Crippen molar-refractivity contribution < 1.29 is 19.1 Å². The summed E-state index contributed by atoms with van der Waals surface area (Å²) in [6, 6.07) is 16.0. The fourth-order valence-electron chi connectivity index (χ4n) is 4.71. The first-order valence-electron chi connectivity index (χ1n) is 15.2. The lowest BCUT2D eigenvalue weighted by atomic mass is 9.97. The van der Waals surface area contributed by atoms with Gasteiger partial charge in [0, 0.05) is 13.1 Å². The Hall–Kier alpha value is -3.35. The summed E-state index contributed by atoms with van der Waals surface area (Å²) in [6.07, 6.45) is 4.47. The van der Waals surface area contributed by atoms with E-state index in [1.807, 2.05) is 68.4 Å². The molecule has 0 aliphatic carbocycles. The van der Waals surface area contributed by atoms with Crippen LogP contribution >= 0.6 is 0 Å². The summed E-state index contributed by atoms with van der Waals surface area (Å²) >= 11 is 0. The molecule has 0 radical (unpaired) electrons. The van der Waals surface area contributed by atoms with Gasteiger partial charge in [-0.15, -0.1) is 0 Å². The van der Waals surface area contributed by atoms with Crippen LogP contribution in [0.1, 0.15) is 103 Å². The van der Waals surface area contributed by atoms with Crippen molar-refractivity contribution >= 4 is 17.9 Å². The molecule has 0 heterocycles. The zero-order valence-corrected chi connectivity index (χ0v) is 26.2. The van der Waals surface area contributed by atoms with Crippen molar-refractivity contribution in [3.63, 3.8) is 0 Å². The maximum atomic E-state index is 14.3. The van der Waals surface area contributed by atoms with Gasteiger partial charge < -0.3 is 20.3 Å². The van der Waals surface area contributed by atoms with Gasteiger partial charge in [0.1, 0.15) is 17.7 Å². The van der Waals surface area contributed by atoms with Crippen LogP contribution in [0.25, 0.3) is 0 Å². The van der Waals surface area contributed by atoms with Crippen molar-refractivity contribution in [1.29, 1.82) is 0 Å². The first kappa shape index (κ1) is 33.9. The topological polar surface area (TPSA) is 87.7 Å². The molecule has 0 fully saturated rings. The number of nitrogens with zero attached hydrogens (tertiary/aromatic N) is 1. The highest BCUT2D eigenvalue weighted by Crippen LogP contribution is 2.26. The van der Waals surface area contributed by atoms with E-state index in [9.17, 15) is 14.4 Å². The number of rotatable bonds is 15. The molecule has 0 aromatic heterocycles. The number of ether oxygens (including phenoxy) is 1. The van der Waals surface area contributed by atoms with Gasteiger partial charge in [-0.05, 0) is 62.6 Å². The molecular formula is C34H51N3O4. The van der Waals surface area contributed by atoms with Crippen molar-refractivity contribution in [2.24, 2.45) is 5.92 Å². The Morgan fingerprint density at radius 3 is 2.10 bits per heavy atom. The summed E-state index contributed by atoms with van der Waals surface area (Å²) in [7, 11) is 0. The predicted octanol–water partition coefficient (Wildman–Crippen LogP) is 6.95. The lowest BCUT2D eigenvalue weighted by molar-refractivity contribution is -0.143. The van der Waals surface area contributed by atoms with E-state index < -0.39 is 23.8 Å². The number of nitrogens with one attached hydrogen (secondary N) is 2. The number of amides is 3. The number of unbranched alkanes of at least 4 members (excludes halogenated alkanes) is 3. The zero-order chi connectivity index (χ0) is 30.4. The number of hydrogen-bond acceptors (Lipinski definition) is 4. The van der Waals surface area contributed by atoms with Gasteiger partial charge in [-0.3, -0.25) is 9.59 Å². The maximum absolute atomic E-state index is 14.3. The van der Waals surface area contributed by atoms with Crippen LogP contribution in [-0.4, -0.2) is 41.0 Å². The van der Waals surface area contributed by atoms with E-state index in [-0.39, 0.29) is 17.7 Å². The van der Waals surface area contributed by atoms with Crippen molar-refractivity contribution in [2.45, 2.75) is 111 Å². The Kier molecular flexibility index (Phi) is 13.9. The average molecular weight is 566 g/mol. The number of hydrogen-bond donors (Lipinski definition) is 2. The minimum absolute atomic E-state index is 0.134. The Bertz CT molecular complexity index is 1080. The SMILES string of the molecule is CCCCCCN(C(=O)C(CC(C)C)NC(=O)OC(C)(C)C)C(C(=O)NCc1ccccc1)c1ccc(CC)cc1. The highest BCUT2D eigenvalue weighted by molar-refractivity contribution is 5.92. The quantitative estimate of drug-likeness (QED) is 0.229. The van der Waals surface area contributed by atoms with E-state index in [1.165, 1.54) is 0 Å². The van der Waals surface area contributed by atoms with Gasteiger partial charge in [0.25, 0.3) is 0 Å². The molecule has 7 heteroatoms. The molecule has 0 bridgehead atoms. The second-order valence-corrected chi connectivity index (χ2v) is 12.1. The molecule has 0 aliphatic rings. The first-order valence-corrected chi connectivity index (χ1v) is 15.2. The Morgan fingerprint density at radius 2 is 1.54 bits per heavy atom. The third-order valence-corrected chi connectivity index (χ3v) is 6.81. The van der Waals surface area contributed by atoms with Gasteiger partial charge in [-0.1, -0.05) is 102 Å². The molecule has 7 nitrogen and oxygen atoms in total. The van der Waals surface area contributed by atoms with E-state index in [4.69, 9.17) is 4.74 Å². The van der Waals surface area contributed by atoms with Gasteiger partial charge in [0.15, 0.2) is 0 Å². The number of alkyl carbamates (subject to hydrolysis) is 1. The Labute approximate surface area is 247 Å². The lowest BCUT2D eigenvalue weighted by Gasteiger charge is -2.35. The number of carbonyl (C=O) groups excluding carboxylic acids is 3. The third kappa shape index (κ3) is 12.0. The van der Waals surface area contributed by atoms with Crippen LogP contribution in [-0.2, 0) is 27.3 Å². The van der Waals surface area contributed by atoms with Gasteiger partial charge in [0.2, 0.25) is 11.8 Å². The Balaban J connectivity index is 2.48. The summed E-state index contributed by atoms with van der Waals surface area (Å²) in [5.74, 6) is -0.391. The molecule has 0 saturated carbocycles. The summed E-state index contributed by atoms with van der Waals surface area (Å²) < 4.78 is 5.50. The van der Waals surface area contributed by atoms with E-state index in [1.54, 1.807) is 25.7 Å². The second-order valence-electron chi connectivity index (χ2n) is 12.1. The first-order chi connectivity index (χ1) is 19.4. The highest BCUT2D eigenvalue weighted by Gasteiger charge is 2.36. The van der Waals surface area contributed by atoms with Crippen molar-refractivity contribution in [2.75, 3.05) is 6.54 Å². The predicted molar refractivity (Wildman–Crippen MR) is 165 cm³/mol. The lowest BCUT2D eigenvalue weighted by Crippen LogP contribution is -2.53. The van der Waals surface area contributed by atoms with E-state index in [0.29, 0.717) is 19.5 Å². The summed E-state index contributed by atoms with van der Waals surface area (Å²) in [5.41, 5.74) is 2.18. The van der Waals surface area contributed by atoms with Crippen LogP contribution in [0.3, 0.4) is 0 Å². The highest BCUT2D eigenvalue weighted by atomic mass is 16.6. The number of benzene rings is 2. The van der Waals surface area contributed by atoms with Crippen molar-refractivity contribution in [1.82, 2.24) is 15.5 Å².